The number of aromatic amines is 1. The van der Waals surface area contributed by atoms with E-state index in [-0.39, 0.29) is 12.0 Å². The van der Waals surface area contributed by atoms with Crippen molar-refractivity contribution in [2.75, 3.05) is 6.54 Å². The predicted octanol–water partition coefficient (Wildman–Crippen LogP) is 4.81. The number of carboxylic acid groups (broad SMARTS) is 1. The third-order valence-corrected chi connectivity index (χ3v) is 6.26. The third kappa shape index (κ3) is 3.00. The van der Waals surface area contributed by atoms with E-state index in [1.807, 2.05) is 24.4 Å². The van der Waals surface area contributed by atoms with Crippen molar-refractivity contribution in [2.24, 2.45) is 0 Å². The van der Waals surface area contributed by atoms with Gasteiger partial charge in [-0.15, -0.1) is 0 Å². The van der Waals surface area contributed by atoms with Crippen LogP contribution in [0.4, 0.5) is 0 Å². The zero-order valence-corrected chi connectivity index (χ0v) is 16.9. The number of nitrogens with zero attached hydrogens (tertiary/aromatic N) is 2. The molecule has 1 aliphatic rings. The smallest absolute Gasteiger partial charge is 0.335 e. The standard InChI is InChI=1S/C24H23N3O3/c1-14-11-15(2)22-18(7-9-25-22)19(14)12-27-13-20(21-8-10-26-30-21)23(27)16-3-5-17(6-4-16)24(28)29/h3-11,20,23,25H,12-13H2,1-2H3,(H,28,29). The average Bonchev–Trinajstić information content (AvgIpc) is 3.39. The van der Waals surface area contributed by atoms with Gasteiger partial charge in [0.15, 0.2) is 0 Å². The number of likely N-dealkylation sites (tertiary alicyclic amines) is 1. The molecule has 0 bridgehead atoms. The van der Waals surface area contributed by atoms with Crippen molar-refractivity contribution in [1.29, 1.82) is 0 Å². The van der Waals surface area contributed by atoms with E-state index in [1.54, 1.807) is 18.3 Å². The number of aromatic nitrogens is 2. The first-order chi connectivity index (χ1) is 14.5. The van der Waals surface area contributed by atoms with Crippen molar-refractivity contribution < 1.29 is 14.4 Å². The molecular formula is C24H23N3O3. The van der Waals surface area contributed by atoms with Gasteiger partial charge in [0.05, 0.1) is 17.7 Å². The quantitative estimate of drug-likeness (QED) is 0.501. The molecule has 0 saturated carbocycles. The van der Waals surface area contributed by atoms with E-state index >= 15 is 0 Å². The highest BCUT2D eigenvalue weighted by atomic mass is 16.5. The summed E-state index contributed by atoms with van der Waals surface area (Å²) in [5.74, 6) is 0.144. The van der Waals surface area contributed by atoms with Gasteiger partial charge in [-0.3, -0.25) is 4.90 Å². The van der Waals surface area contributed by atoms with Crippen molar-refractivity contribution in [3.8, 4) is 0 Å². The minimum absolute atomic E-state index is 0.107. The lowest BCUT2D eigenvalue weighted by atomic mass is 9.80. The van der Waals surface area contributed by atoms with E-state index < -0.39 is 5.97 Å². The van der Waals surface area contributed by atoms with Crippen LogP contribution >= 0.6 is 0 Å². The Labute approximate surface area is 174 Å². The van der Waals surface area contributed by atoms with Crippen LogP contribution in [0.25, 0.3) is 10.9 Å². The Kier molecular flexibility index (Phi) is 4.44. The van der Waals surface area contributed by atoms with E-state index in [0.717, 1.165) is 24.4 Å². The van der Waals surface area contributed by atoms with Crippen molar-refractivity contribution in [1.82, 2.24) is 15.0 Å². The van der Waals surface area contributed by atoms with Crippen LogP contribution < -0.4 is 0 Å². The maximum Gasteiger partial charge on any atom is 0.335 e. The molecule has 3 heterocycles. The van der Waals surface area contributed by atoms with Crippen molar-refractivity contribution in [3.63, 3.8) is 0 Å². The molecule has 6 nitrogen and oxygen atoms in total. The molecule has 2 N–H and O–H groups in total. The Morgan fingerprint density at radius 3 is 2.70 bits per heavy atom. The SMILES string of the molecule is Cc1cc(C)c2[nH]ccc2c1CN1CC(c2ccno2)C1c1ccc(C(=O)O)cc1. The van der Waals surface area contributed by atoms with Gasteiger partial charge in [0, 0.05) is 42.3 Å². The topological polar surface area (TPSA) is 82.4 Å². The maximum absolute atomic E-state index is 11.2. The Hall–Kier alpha value is -3.38. The van der Waals surface area contributed by atoms with E-state index in [0.29, 0.717) is 5.56 Å². The first-order valence-corrected chi connectivity index (χ1v) is 10.1. The second kappa shape index (κ2) is 7.15. The third-order valence-electron chi connectivity index (χ3n) is 6.26. The second-order valence-electron chi connectivity index (χ2n) is 8.08. The number of nitrogens with one attached hydrogen (secondary N) is 1. The number of aryl methyl sites for hydroxylation is 2. The molecule has 0 amide bonds. The number of fused-ring (bicyclic) bond motifs is 1. The highest BCUT2D eigenvalue weighted by molar-refractivity contribution is 5.88. The van der Waals surface area contributed by atoms with Crippen LogP contribution in [0.3, 0.4) is 0 Å². The molecule has 0 radical (unpaired) electrons. The van der Waals surface area contributed by atoms with Crippen molar-refractivity contribution >= 4 is 16.9 Å². The molecule has 1 aliphatic heterocycles. The molecular weight excluding hydrogens is 378 g/mol. The number of carbonyl (C=O) groups is 1. The van der Waals surface area contributed by atoms with Crippen LogP contribution in [0.1, 0.15) is 50.3 Å². The Balaban J connectivity index is 1.50. The van der Waals surface area contributed by atoms with Crippen LogP contribution in [0.2, 0.25) is 0 Å². The summed E-state index contributed by atoms with van der Waals surface area (Å²) in [6, 6.07) is 13.6. The molecule has 4 aromatic rings. The van der Waals surface area contributed by atoms with Gasteiger partial charge in [0.25, 0.3) is 0 Å². The molecule has 2 atom stereocenters. The van der Waals surface area contributed by atoms with Gasteiger partial charge in [-0.1, -0.05) is 23.4 Å². The van der Waals surface area contributed by atoms with Gasteiger partial charge in [-0.2, -0.15) is 0 Å². The summed E-state index contributed by atoms with van der Waals surface area (Å²) >= 11 is 0. The predicted molar refractivity (Wildman–Crippen MR) is 114 cm³/mol. The number of carboxylic acids is 1. The molecule has 2 aromatic carbocycles. The normalized spacial score (nSPS) is 19.1. The lowest BCUT2D eigenvalue weighted by molar-refractivity contribution is 0.0368. The maximum atomic E-state index is 11.2. The zero-order valence-electron chi connectivity index (χ0n) is 16.9. The van der Waals surface area contributed by atoms with Gasteiger partial charge in [0.1, 0.15) is 5.76 Å². The van der Waals surface area contributed by atoms with Crippen LogP contribution in [0.5, 0.6) is 0 Å². The highest BCUT2D eigenvalue weighted by Crippen LogP contribution is 2.46. The summed E-state index contributed by atoms with van der Waals surface area (Å²) in [6.07, 6.45) is 3.67. The number of hydrogen-bond acceptors (Lipinski definition) is 4. The van der Waals surface area contributed by atoms with E-state index in [4.69, 9.17) is 4.52 Å². The Bertz CT molecular complexity index is 1210. The van der Waals surface area contributed by atoms with Gasteiger partial charge < -0.3 is 14.6 Å². The summed E-state index contributed by atoms with van der Waals surface area (Å²) in [4.78, 5) is 17.0. The van der Waals surface area contributed by atoms with Crippen molar-refractivity contribution in [2.45, 2.75) is 32.4 Å². The summed E-state index contributed by atoms with van der Waals surface area (Å²) in [5.41, 5.74) is 6.42. The molecule has 30 heavy (non-hydrogen) atoms. The molecule has 6 heteroatoms. The minimum atomic E-state index is -0.913. The molecule has 1 fully saturated rings. The largest absolute Gasteiger partial charge is 0.478 e. The minimum Gasteiger partial charge on any atom is -0.478 e. The van der Waals surface area contributed by atoms with E-state index in [1.165, 1.54) is 27.6 Å². The van der Waals surface area contributed by atoms with E-state index in [9.17, 15) is 9.90 Å². The lowest BCUT2D eigenvalue weighted by Crippen LogP contribution is -2.47. The fourth-order valence-corrected chi connectivity index (χ4v) is 4.73. The molecule has 2 aromatic heterocycles. The van der Waals surface area contributed by atoms with Crippen LogP contribution in [-0.4, -0.2) is 32.7 Å². The number of H-pyrrole nitrogens is 1. The number of benzene rings is 2. The number of rotatable bonds is 5. The summed E-state index contributed by atoms with van der Waals surface area (Å²) in [7, 11) is 0. The zero-order chi connectivity index (χ0) is 20.8. The lowest BCUT2D eigenvalue weighted by Gasteiger charge is -2.47. The number of aromatic carboxylic acids is 1. The molecule has 2 unspecified atom stereocenters. The Morgan fingerprint density at radius 2 is 2.00 bits per heavy atom. The van der Waals surface area contributed by atoms with Gasteiger partial charge in [-0.05, 0) is 54.3 Å². The molecule has 0 aliphatic carbocycles. The molecule has 152 valence electrons. The summed E-state index contributed by atoms with van der Waals surface area (Å²) < 4.78 is 5.47. The van der Waals surface area contributed by atoms with Gasteiger partial charge in [-0.25, -0.2) is 4.79 Å². The highest BCUT2D eigenvalue weighted by Gasteiger charge is 2.43. The van der Waals surface area contributed by atoms with Gasteiger partial charge >= 0.3 is 5.97 Å². The monoisotopic (exact) mass is 401 g/mol. The molecule has 1 saturated heterocycles. The van der Waals surface area contributed by atoms with Crippen LogP contribution in [-0.2, 0) is 6.54 Å². The van der Waals surface area contributed by atoms with Crippen molar-refractivity contribution in [3.05, 3.63) is 88.4 Å². The second-order valence-corrected chi connectivity index (χ2v) is 8.08. The first kappa shape index (κ1) is 18.6. The average molecular weight is 401 g/mol. The van der Waals surface area contributed by atoms with E-state index in [2.05, 4.69) is 41.0 Å². The first-order valence-electron chi connectivity index (χ1n) is 10.1. The Morgan fingerprint density at radius 1 is 1.20 bits per heavy atom. The van der Waals surface area contributed by atoms with Crippen LogP contribution in [0.15, 0.2) is 59.4 Å². The molecule has 5 rings (SSSR count). The summed E-state index contributed by atoms with van der Waals surface area (Å²) in [6.45, 7) is 5.97. The fraction of sp³-hybridized carbons (Fsp3) is 0.250. The van der Waals surface area contributed by atoms with Gasteiger partial charge in [0.2, 0.25) is 0 Å². The molecule has 0 spiro atoms. The number of hydrogen-bond donors (Lipinski definition) is 2. The van der Waals surface area contributed by atoms with Crippen LogP contribution in [0, 0.1) is 13.8 Å². The summed E-state index contributed by atoms with van der Waals surface area (Å²) in [5, 5.41) is 14.4. The fourth-order valence-electron chi connectivity index (χ4n) is 4.73.